The number of carbonyl (C=O) groups is 1. The third-order valence-electron chi connectivity index (χ3n) is 4.56. The molecule has 140 valence electrons. The summed E-state index contributed by atoms with van der Waals surface area (Å²) in [6.45, 7) is 0.604. The average molecular weight is 373 g/mol. The van der Waals surface area contributed by atoms with Crippen molar-refractivity contribution in [1.82, 2.24) is 5.48 Å². The van der Waals surface area contributed by atoms with Gasteiger partial charge in [-0.1, -0.05) is 36.4 Å². The monoisotopic (exact) mass is 373 g/mol. The molecule has 0 unspecified atom stereocenters. The first kappa shape index (κ1) is 17.8. The number of rotatable bonds is 5. The van der Waals surface area contributed by atoms with Crippen LogP contribution < -0.4 is 15.5 Å². The van der Waals surface area contributed by atoms with Gasteiger partial charge in [0.2, 0.25) is 0 Å². The predicted octanol–water partition coefficient (Wildman–Crippen LogP) is 4.32. The molecule has 1 aliphatic rings. The number of para-hydroxylation sites is 2. The molecular formula is C22H19N3O3. The number of anilines is 1. The second kappa shape index (κ2) is 7.94. The highest BCUT2D eigenvalue weighted by Crippen LogP contribution is 2.37. The zero-order valence-electron chi connectivity index (χ0n) is 15.1. The van der Waals surface area contributed by atoms with Crippen LogP contribution in [0, 0.1) is 0 Å². The number of hydroxylamine groups is 1. The van der Waals surface area contributed by atoms with Gasteiger partial charge in [-0.05, 0) is 42.3 Å². The Morgan fingerprint density at radius 1 is 0.964 bits per heavy atom. The Balaban J connectivity index is 1.52. The molecule has 28 heavy (non-hydrogen) atoms. The van der Waals surface area contributed by atoms with Crippen LogP contribution in [-0.4, -0.2) is 23.9 Å². The van der Waals surface area contributed by atoms with Gasteiger partial charge in [0.25, 0.3) is 5.91 Å². The first-order valence-electron chi connectivity index (χ1n) is 8.96. The maximum Gasteiger partial charge on any atom is 0.274 e. The van der Waals surface area contributed by atoms with E-state index < -0.39 is 5.91 Å². The summed E-state index contributed by atoms with van der Waals surface area (Å²) in [6, 6.07) is 20.7. The molecule has 6 heteroatoms. The molecule has 0 aliphatic carbocycles. The number of fused-ring (bicyclic) bond motifs is 2. The highest BCUT2D eigenvalue weighted by atomic mass is 16.5. The average Bonchev–Trinajstić information content (AvgIpc) is 2.93. The minimum absolute atomic E-state index is 0.457. The molecular weight excluding hydrogens is 354 g/mol. The lowest BCUT2D eigenvalue weighted by Gasteiger charge is -2.14. The highest BCUT2D eigenvalue weighted by Gasteiger charge is 2.14. The minimum Gasteiger partial charge on any atom is -0.454 e. The largest absolute Gasteiger partial charge is 0.454 e. The topological polar surface area (TPSA) is 83.0 Å². The lowest BCUT2D eigenvalue weighted by Crippen LogP contribution is -2.21. The van der Waals surface area contributed by atoms with Crippen molar-refractivity contribution in [2.24, 2.45) is 4.99 Å². The van der Waals surface area contributed by atoms with Crippen LogP contribution >= 0.6 is 0 Å². The fraction of sp³-hybridized carbons (Fsp3) is 0.0909. The van der Waals surface area contributed by atoms with Crippen LogP contribution in [-0.2, 0) is 6.42 Å². The second-order valence-electron chi connectivity index (χ2n) is 6.32. The molecule has 6 nitrogen and oxygen atoms in total. The van der Waals surface area contributed by atoms with Crippen molar-refractivity contribution < 1.29 is 14.7 Å². The van der Waals surface area contributed by atoms with Crippen LogP contribution in [0.25, 0.3) is 0 Å². The van der Waals surface area contributed by atoms with Crippen LogP contribution in [0.1, 0.15) is 21.5 Å². The normalized spacial score (nSPS) is 11.6. The van der Waals surface area contributed by atoms with Gasteiger partial charge in [-0.25, -0.2) is 5.48 Å². The zero-order chi connectivity index (χ0) is 19.3. The second-order valence-corrected chi connectivity index (χ2v) is 6.32. The number of aliphatic imine (C=N–C) groups is 1. The molecule has 1 heterocycles. The number of nitrogens with one attached hydrogen (secondary N) is 2. The Morgan fingerprint density at radius 3 is 2.64 bits per heavy atom. The van der Waals surface area contributed by atoms with E-state index in [2.05, 4.69) is 10.3 Å². The van der Waals surface area contributed by atoms with E-state index in [1.165, 1.54) is 0 Å². The standard InChI is InChI=1S/C22H19N3O3/c26-22(25-27)16-7-2-1-6-15(16)12-13-23-18-9-5-11-20-17(18)14-24-19-8-3-4-10-21(19)28-20/h1-11,14,23,27H,12-13H2,(H,25,26). The lowest BCUT2D eigenvalue weighted by atomic mass is 10.0. The summed E-state index contributed by atoms with van der Waals surface area (Å²) < 4.78 is 6.03. The molecule has 0 saturated heterocycles. The number of amides is 1. The lowest BCUT2D eigenvalue weighted by molar-refractivity contribution is 0.0705. The van der Waals surface area contributed by atoms with Gasteiger partial charge in [-0.15, -0.1) is 0 Å². The third kappa shape index (κ3) is 3.58. The zero-order valence-corrected chi connectivity index (χ0v) is 15.1. The van der Waals surface area contributed by atoms with E-state index >= 15 is 0 Å². The van der Waals surface area contributed by atoms with Crippen molar-refractivity contribution in [3.63, 3.8) is 0 Å². The van der Waals surface area contributed by atoms with Gasteiger partial charge >= 0.3 is 0 Å². The van der Waals surface area contributed by atoms with Crippen LogP contribution in [0.4, 0.5) is 11.4 Å². The fourth-order valence-electron chi connectivity index (χ4n) is 3.17. The molecule has 0 aromatic heterocycles. The van der Waals surface area contributed by atoms with Crippen LogP contribution in [0.3, 0.4) is 0 Å². The summed E-state index contributed by atoms with van der Waals surface area (Å²) in [7, 11) is 0. The Hall–Kier alpha value is -3.64. The van der Waals surface area contributed by atoms with E-state index in [4.69, 9.17) is 9.94 Å². The summed E-state index contributed by atoms with van der Waals surface area (Å²) in [4.78, 5) is 16.3. The smallest absolute Gasteiger partial charge is 0.274 e. The van der Waals surface area contributed by atoms with Crippen molar-refractivity contribution in [1.29, 1.82) is 0 Å². The van der Waals surface area contributed by atoms with Crippen molar-refractivity contribution in [2.75, 3.05) is 11.9 Å². The van der Waals surface area contributed by atoms with Gasteiger partial charge in [0.05, 0.1) is 5.56 Å². The number of hydrogen-bond acceptors (Lipinski definition) is 5. The Kier molecular flexibility index (Phi) is 5.03. The maximum absolute atomic E-state index is 11.8. The number of ether oxygens (including phenoxy) is 1. The summed E-state index contributed by atoms with van der Waals surface area (Å²) in [6.07, 6.45) is 2.42. The molecule has 0 fully saturated rings. The number of nitrogens with zero attached hydrogens (tertiary/aromatic N) is 1. The van der Waals surface area contributed by atoms with E-state index in [0.29, 0.717) is 18.5 Å². The van der Waals surface area contributed by atoms with E-state index in [1.807, 2.05) is 54.6 Å². The van der Waals surface area contributed by atoms with Crippen LogP contribution in [0.15, 0.2) is 71.7 Å². The SMILES string of the molecule is O=C(NO)c1ccccc1CCNc1cccc2c1C=Nc1ccccc1O2. The van der Waals surface area contributed by atoms with E-state index in [9.17, 15) is 4.79 Å². The molecule has 0 atom stereocenters. The van der Waals surface area contributed by atoms with Gasteiger partial charge in [-0.2, -0.15) is 0 Å². The molecule has 1 amide bonds. The van der Waals surface area contributed by atoms with E-state index in [0.717, 1.165) is 34.0 Å². The Morgan fingerprint density at radius 2 is 1.75 bits per heavy atom. The quantitative estimate of drug-likeness (QED) is 0.359. The first-order valence-corrected chi connectivity index (χ1v) is 8.96. The first-order chi connectivity index (χ1) is 13.8. The molecule has 1 aliphatic heterocycles. The fourth-order valence-corrected chi connectivity index (χ4v) is 3.17. The molecule has 3 aromatic rings. The summed E-state index contributed by atoms with van der Waals surface area (Å²) in [5, 5.41) is 12.3. The number of carbonyl (C=O) groups excluding carboxylic acids is 1. The molecule has 0 spiro atoms. The molecule has 4 rings (SSSR count). The number of benzene rings is 3. The van der Waals surface area contributed by atoms with Crippen molar-refractivity contribution in [3.05, 3.63) is 83.4 Å². The van der Waals surface area contributed by atoms with Crippen LogP contribution in [0.2, 0.25) is 0 Å². The Labute approximate surface area is 162 Å². The van der Waals surface area contributed by atoms with Gasteiger partial charge in [0, 0.05) is 24.0 Å². The molecule has 0 saturated carbocycles. The van der Waals surface area contributed by atoms with Gasteiger partial charge < -0.3 is 10.1 Å². The third-order valence-corrected chi connectivity index (χ3v) is 4.56. The molecule has 3 aromatic carbocycles. The molecule has 0 bridgehead atoms. The molecule has 0 radical (unpaired) electrons. The van der Waals surface area contributed by atoms with Gasteiger partial charge in [0.15, 0.2) is 5.75 Å². The minimum atomic E-state index is -0.512. The summed E-state index contributed by atoms with van der Waals surface area (Å²) in [5.41, 5.74) is 5.56. The van der Waals surface area contributed by atoms with Gasteiger partial charge in [-0.3, -0.25) is 15.0 Å². The van der Waals surface area contributed by atoms with E-state index in [1.54, 1.807) is 23.8 Å². The van der Waals surface area contributed by atoms with Crippen molar-refractivity contribution >= 4 is 23.5 Å². The maximum atomic E-state index is 11.8. The summed E-state index contributed by atoms with van der Waals surface area (Å²) >= 11 is 0. The Bertz CT molecular complexity index is 1050. The van der Waals surface area contributed by atoms with Crippen LogP contribution in [0.5, 0.6) is 11.5 Å². The number of hydrogen-bond donors (Lipinski definition) is 3. The predicted molar refractivity (Wildman–Crippen MR) is 108 cm³/mol. The van der Waals surface area contributed by atoms with E-state index in [-0.39, 0.29) is 0 Å². The van der Waals surface area contributed by atoms with Gasteiger partial charge in [0.1, 0.15) is 11.4 Å². The van der Waals surface area contributed by atoms with Crippen molar-refractivity contribution in [2.45, 2.75) is 6.42 Å². The summed E-state index contributed by atoms with van der Waals surface area (Å²) in [5.74, 6) is 0.944. The highest BCUT2D eigenvalue weighted by molar-refractivity contribution is 5.95. The molecule has 3 N–H and O–H groups in total. The van der Waals surface area contributed by atoms with Crippen molar-refractivity contribution in [3.8, 4) is 11.5 Å².